The summed E-state index contributed by atoms with van der Waals surface area (Å²) in [6.07, 6.45) is 7.61. The van der Waals surface area contributed by atoms with E-state index >= 15 is 0 Å². The summed E-state index contributed by atoms with van der Waals surface area (Å²) in [6, 6.07) is 5.74. The van der Waals surface area contributed by atoms with Gasteiger partial charge in [-0.25, -0.2) is 4.98 Å². The minimum Gasteiger partial charge on any atom is -0.495 e. The van der Waals surface area contributed by atoms with E-state index in [1.807, 2.05) is 35.9 Å². The van der Waals surface area contributed by atoms with Crippen LogP contribution in [0.3, 0.4) is 0 Å². The molecule has 0 saturated carbocycles. The van der Waals surface area contributed by atoms with Gasteiger partial charge in [0.15, 0.2) is 0 Å². The van der Waals surface area contributed by atoms with Gasteiger partial charge in [-0.2, -0.15) is 0 Å². The van der Waals surface area contributed by atoms with Crippen molar-refractivity contribution in [2.24, 2.45) is 0 Å². The van der Waals surface area contributed by atoms with Gasteiger partial charge in [0.25, 0.3) is 0 Å². The van der Waals surface area contributed by atoms with Crippen LogP contribution in [0.2, 0.25) is 0 Å². The number of imidazole rings is 1. The Morgan fingerprint density at radius 2 is 2.22 bits per heavy atom. The average molecular weight is 242 g/mol. The molecule has 0 radical (unpaired) electrons. The number of hydrogen-bond donors (Lipinski definition) is 0. The zero-order valence-corrected chi connectivity index (χ0v) is 10.3. The standard InChI is InChI=1S/C14H14N2O2/c1-11-9-16(10-15-11)13-6-5-12(4-3-7-17)8-14(13)18-2/h3-10H,1-2H3/b4-3+. The van der Waals surface area contributed by atoms with Crippen LogP contribution in [-0.4, -0.2) is 22.9 Å². The van der Waals surface area contributed by atoms with Crippen molar-refractivity contribution < 1.29 is 9.53 Å². The number of carbonyl (C=O) groups excluding carboxylic acids is 1. The van der Waals surface area contributed by atoms with Crippen molar-refractivity contribution >= 4 is 12.4 Å². The Labute approximate surface area is 106 Å². The minimum atomic E-state index is 0.737. The van der Waals surface area contributed by atoms with E-state index in [9.17, 15) is 4.79 Å². The predicted octanol–water partition coefficient (Wildman–Crippen LogP) is 2.40. The molecule has 0 fully saturated rings. The van der Waals surface area contributed by atoms with Crippen molar-refractivity contribution in [2.75, 3.05) is 7.11 Å². The van der Waals surface area contributed by atoms with E-state index in [-0.39, 0.29) is 0 Å². The number of aryl methyl sites for hydroxylation is 1. The number of rotatable bonds is 4. The monoisotopic (exact) mass is 242 g/mol. The van der Waals surface area contributed by atoms with Crippen LogP contribution >= 0.6 is 0 Å². The first-order valence-electron chi connectivity index (χ1n) is 5.55. The molecule has 0 aliphatic carbocycles. The number of aldehydes is 1. The second kappa shape index (κ2) is 5.31. The molecule has 1 heterocycles. The zero-order valence-electron chi connectivity index (χ0n) is 10.3. The lowest BCUT2D eigenvalue weighted by Gasteiger charge is -2.09. The maximum Gasteiger partial charge on any atom is 0.143 e. The molecule has 2 aromatic rings. The van der Waals surface area contributed by atoms with Gasteiger partial charge < -0.3 is 9.30 Å². The van der Waals surface area contributed by atoms with Gasteiger partial charge >= 0.3 is 0 Å². The van der Waals surface area contributed by atoms with Crippen LogP contribution in [0, 0.1) is 6.92 Å². The summed E-state index contributed by atoms with van der Waals surface area (Å²) >= 11 is 0. The molecule has 0 aliphatic rings. The fraction of sp³-hybridized carbons (Fsp3) is 0.143. The van der Waals surface area contributed by atoms with Crippen LogP contribution < -0.4 is 4.74 Å². The Hall–Kier alpha value is -2.36. The summed E-state index contributed by atoms with van der Waals surface area (Å²) in [4.78, 5) is 14.5. The molecule has 0 spiro atoms. The molecule has 92 valence electrons. The maximum absolute atomic E-state index is 10.3. The smallest absolute Gasteiger partial charge is 0.143 e. The van der Waals surface area contributed by atoms with E-state index in [2.05, 4.69) is 4.98 Å². The summed E-state index contributed by atoms with van der Waals surface area (Å²) < 4.78 is 7.26. The van der Waals surface area contributed by atoms with Crippen molar-refractivity contribution in [1.29, 1.82) is 0 Å². The molecule has 0 bridgehead atoms. The van der Waals surface area contributed by atoms with Gasteiger partial charge in [0, 0.05) is 6.20 Å². The lowest BCUT2D eigenvalue weighted by Crippen LogP contribution is -1.95. The first kappa shape index (κ1) is 12.1. The molecule has 0 atom stereocenters. The van der Waals surface area contributed by atoms with Crippen molar-refractivity contribution in [2.45, 2.75) is 6.92 Å². The van der Waals surface area contributed by atoms with Gasteiger partial charge in [0.05, 0.1) is 24.8 Å². The van der Waals surface area contributed by atoms with Gasteiger partial charge in [-0.1, -0.05) is 12.1 Å². The summed E-state index contributed by atoms with van der Waals surface area (Å²) in [7, 11) is 1.62. The van der Waals surface area contributed by atoms with E-state index < -0.39 is 0 Å². The Balaban J connectivity index is 2.43. The van der Waals surface area contributed by atoms with Crippen molar-refractivity contribution in [1.82, 2.24) is 9.55 Å². The predicted molar refractivity (Wildman–Crippen MR) is 70.0 cm³/mol. The largest absolute Gasteiger partial charge is 0.495 e. The fourth-order valence-corrected chi connectivity index (χ4v) is 1.71. The lowest BCUT2D eigenvalue weighted by molar-refractivity contribution is -0.104. The number of hydrogen-bond acceptors (Lipinski definition) is 3. The molecule has 0 amide bonds. The van der Waals surface area contributed by atoms with Crippen molar-refractivity contribution in [3.63, 3.8) is 0 Å². The summed E-state index contributed by atoms with van der Waals surface area (Å²) in [5.74, 6) is 0.737. The van der Waals surface area contributed by atoms with E-state index in [4.69, 9.17) is 4.74 Å². The average Bonchev–Trinajstić information content (AvgIpc) is 2.82. The second-order valence-corrected chi connectivity index (χ2v) is 3.85. The highest BCUT2D eigenvalue weighted by molar-refractivity contribution is 5.74. The Morgan fingerprint density at radius 3 is 2.83 bits per heavy atom. The van der Waals surface area contributed by atoms with Crippen LogP contribution in [0.25, 0.3) is 11.8 Å². The third kappa shape index (κ3) is 2.48. The lowest BCUT2D eigenvalue weighted by atomic mass is 10.1. The molecule has 0 aliphatic heterocycles. The maximum atomic E-state index is 10.3. The molecule has 1 aromatic carbocycles. The number of carbonyl (C=O) groups is 1. The number of allylic oxidation sites excluding steroid dienone is 1. The van der Waals surface area contributed by atoms with Gasteiger partial charge in [0.1, 0.15) is 12.0 Å². The van der Waals surface area contributed by atoms with Crippen molar-refractivity contribution in [3.8, 4) is 11.4 Å². The van der Waals surface area contributed by atoms with E-state index in [1.165, 1.54) is 6.08 Å². The van der Waals surface area contributed by atoms with E-state index in [0.29, 0.717) is 0 Å². The van der Waals surface area contributed by atoms with Gasteiger partial charge in [-0.05, 0) is 30.7 Å². The van der Waals surface area contributed by atoms with Crippen LogP contribution in [-0.2, 0) is 4.79 Å². The van der Waals surface area contributed by atoms with Crippen LogP contribution in [0.5, 0.6) is 5.75 Å². The SMILES string of the molecule is COc1cc(/C=C/C=O)ccc1-n1cnc(C)c1. The molecular weight excluding hydrogens is 228 g/mol. The van der Waals surface area contributed by atoms with E-state index in [1.54, 1.807) is 19.5 Å². The zero-order chi connectivity index (χ0) is 13.0. The molecule has 0 saturated heterocycles. The van der Waals surface area contributed by atoms with Crippen LogP contribution in [0.15, 0.2) is 36.8 Å². The quantitative estimate of drug-likeness (QED) is 0.611. The van der Waals surface area contributed by atoms with E-state index in [0.717, 1.165) is 29.0 Å². The van der Waals surface area contributed by atoms with Crippen molar-refractivity contribution in [3.05, 3.63) is 48.1 Å². The topological polar surface area (TPSA) is 44.1 Å². The van der Waals surface area contributed by atoms with Crippen LogP contribution in [0.1, 0.15) is 11.3 Å². The first-order chi connectivity index (χ1) is 8.74. The molecule has 4 heteroatoms. The molecular formula is C14H14N2O2. The second-order valence-electron chi connectivity index (χ2n) is 3.85. The fourth-order valence-electron chi connectivity index (χ4n) is 1.71. The number of ether oxygens (including phenoxy) is 1. The normalized spacial score (nSPS) is 10.8. The Morgan fingerprint density at radius 1 is 1.39 bits per heavy atom. The summed E-state index contributed by atoms with van der Waals surface area (Å²) in [5, 5.41) is 0. The highest BCUT2D eigenvalue weighted by atomic mass is 16.5. The highest BCUT2D eigenvalue weighted by Crippen LogP contribution is 2.24. The molecule has 4 nitrogen and oxygen atoms in total. The minimum absolute atomic E-state index is 0.737. The highest BCUT2D eigenvalue weighted by Gasteiger charge is 2.06. The number of methoxy groups -OCH3 is 1. The molecule has 1 aromatic heterocycles. The molecule has 0 unspecified atom stereocenters. The van der Waals surface area contributed by atoms with Gasteiger partial charge in [-0.15, -0.1) is 0 Å². The first-order valence-corrected chi connectivity index (χ1v) is 5.55. The van der Waals surface area contributed by atoms with Gasteiger partial charge in [-0.3, -0.25) is 4.79 Å². The molecule has 18 heavy (non-hydrogen) atoms. The van der Waals surface area contributed by atoms with Gasteiger partial charge in [0.2, 0.25) is 0 Å². The number of benzene rings is 1. The third-order valence-electron chi connectivity index (χ3n) is 2.56. The Bertz CT molecular complexity index is 585. The van der Waals surface area contributed by atoms with Crippen LogP contribution in [0.4, 0.5) is 0 Å². The third-order valence-corrected chi connectivity index (χ3v) is 2.56. The number of aromatic nitrogens is 2. The number of nitrogens with zero attached hydrogens (tertiary/aromatic N) is 2. The summed E-state index contributed by atoms with van der Waals surface area (Å²) in [6.45, 7) is 1.93. The Kier molecular flexibility index (Phi) is 3.57. The summed E-state index contributed by atoms with van der Waals surface area (Å²) in [5.41, 5.74) is 2.78. The molecule has 2 rings (SSSR count). The molecule has 0 N–H and O–H groups in total.